The van der Waals surface area contributed by atoms with E-state index in [1.165, 1.54) is 42.5 Å². The first-order valence-corrected chi connectivity index (χ1v) is 14.5. The van der Waals surface area contributed by atoms with Crippen molar-refractivity contribution in [3.8, 4) is 50.7 Å². The maximum atomic E-state index is 15.0. The van der Waals surface area contributed by atoms with Gasteiger partial charge in [-0.1, -0.05) is 12.1 Å². The molecule has 5 aromatic rings. The third-order valence-corrected chi connectivity index (χ3v) is 7.82. The molecule has 3 aromatic carbocycles. The Morgan fingerprint density at radius 2 is 1.67 bits per heavy atom. The number of nitrogens with zero attached hydrogens (tertiary/aromatic N) is 3. The molecule has 0 amide bonds. The zero-order chi connectivity index (χ0) is 32.6. The molecule has 0 aliphatic rings. The standard InChI is InChI=1S/C31H25F6N3O4S/c1-15-38-28(17-5-7-25(23(33)9-17)44-30(34)35)29(43-15)20-8-16(18-10-22(32)21(13-41)26(11-18)45-3)4-6-19(20)24-12-27(39-40(24)2)31(36,37)14-42/h4-12,30,41-42H,13-14H2,1-3H3. The summed E-state index contributed by atoms with van der Waals surface area (Å²) in [5, 5.41) is 22.8. The molecule has 5 rings (SSSR count). The zero-order valence-corrected chi connectivity index (χ0v) is 24.7. The Hall–Kier alpha value is -4.27. The molecule has 0 radical (unpaired) electrons. The fourth-order valence-corrected chi connectivity index (χ4v) is 5.53. The van der Waals surface area contributed by atoms with Gasteiger partial charge in [-0.05, 0) is 59.8 Å². The number of hydrogen-bond acceptors (Lipinski definition) is 7. The van der Waals surface area contributed by atoms with Crippen LogP contribution in [0.15, 0.2) is 63.9 Å². The molecule has 0 spiro atoms. The number of rotatable bonds is 10. The first kappa shape index (κ1) is 32.1. The van der Waals surface area contributed by atoms with Crippen molar-refractivity contribution in [2.75, 3.05) is 12.9 Å². The maximum absolute atomic E-state index is 15.0. The van der Waals surface area contributed by atoms with E-state index < -0.39 is 48.8 Å². The molecule has 0 atom stereocenters. The average molecular weight is 650 g/mol. The Morgan fingerprint density at radius 3 is 2.31 bits per heavy atom. The number of ether oxygens (including phenoxy) is 1. The fourth-order valence-electron chi connectivity index (χ4n) is 4.87. The van der Waals surface area contributed by atoms with Crippen LogP contribution >= 0.6 is 11.8 Å². The maximum Gasteiger partial charge on any atom is 0.387 e. The number of aliphatic hydroxyl groups is 2. The zero-order valence-electron chi connectivity index (χ0n) is 23.9. The molecule has 0 fully saturated rings. The Bertz CT molecular complexity index is 1870. The lowest BCUT2D eigenvalue weighted by molar-refractivity contribution is -0.0596. The monoisotopic (exact) mass is 649 g/mol. The summed E-state index contributed by atoms with van der Waals surface area (Å²) in [4.78, 5) is 4.88. The number of aliphatic hydroxyl groups excluding tert-OH is 2. The molecule has 2 N–H and O–H groups in total. The number of aryl methyl sites for hydroxylation is 2. The second kappa shape index (κ2) is 12.6. The summed E-state index contributed by atoms with van der Waals surface area (Å²) in [6.45, 7) is -3.69. The van der Waals surface area contributed by atoms with Crippen LogP contribution < -0.4 is 4.74 Å². The summed E-state index contributed by atoms with van der Waals surface area (Å²) in [5.41, 5.74) is 1.37. The molecule has 0 saturated carbocycles. The highest BCUT2D eigenvalue weighted by molar-refractivity contribution is 7.98. The van der Waals surface area contributed by atoms with E-state index in [9.17, 15) is 36.6 Å². The quantitative estimate of drug-likeness (QED) is 0.119. The van der Waals surface area contributed by atoms with E-state index in [0.29, 0.717) is 21.6 Å². The van der Waals surface area contributed by atoms with Gasteiger partial charge in [0.25, 0.3) is 0 Å². The Kier molecular flexibility index (Phi) is 9.01. The summed E-state index contributed by atoms with van der Waals surface area (Å²) in [5.74, 6) is -5.82. The lowest BCUT2D eigenvalue weighted by Gasteiger charge is -2.14. The van der Waals surface area contributed by atoms with E-state index in [0.717, 1.165) is 18.2 Å². The van der Waals surface area contributed by atoms with Crippen LogP contribution in [0, 0.1) is 18.6 Å². The van der Waals surface area contributed by atoms with Crippen LogP contribution in [0.1, 0.15) is 17.1 Å². The number of thioether (sulfide) groups is 1. The van der Waals surface area contributed by atoms with E-state index in [1.54, 1.807) is 30.5 Å². The van der Waals surface area contributed by atoms with Crippen LogP contribution in [-0.2, 0) is 19.6 Å². The highest BCUT2D eigenvalue weighted by atomic mass is 32.2. The minimum absolute atomic E-state index is 0.0699. The van der Waals surface area contributed by atoms with E-state index in [4.69, 9.17) is 4.42 Å². The Labute approximate surface area is 257 Å². The molecule has 0 saturated heterocycles. The van der Waals surface area contributed by atoms with Crippen molar-refractivity contribution in [3.05, 3.63) is 83.4 Å². The van der Waals surface area contributed by atoms with Crippen LogP contribution in [0.3, 0.4) is 0 Å². The Morgan fingerprint density at radius 1 is 0.956 bits per heavy atom. The van der Waals surface area contributed by atoms with Gasteiger partial charge in [0.2, 0.25) is 0 Å². The SMILES string of the molecule is CSc1cc(-c2ccc(-c3cc(C(F)(F)CO)nn3C)c(-c3oc(C)nc3-c3ccc(OC(F)F)c(F)c3)c2)cc(F)c1CO. The van der Waals surface area contributed by atoms with Gasteiger partial charge >= 0.3 is 12.5 Å². The molecule has 14 heteroatoms. The van der Waals surface area contributed by atoms with E-state index in [1.807, 2.05) is 0 Å². The second-order valence-electron chi connectivity index (χ2n) is 9.89. The molecule has 0 unspecified atom stereocenters. The van der Waals surface area contributed by atoms with Gasteiger partial charge in [0.15, 0.2) is 23.2 Å². The van der Waals surface area contributed by atoms with Crippen LogP contribution in [0.2, 0.25) is 0 Å². The summed E-state index contributed by atoms with van der Waals surface area (Å²) < 4.78 is 95.4. The molecule has 2 aromatic heterocycles. The number of hydrogen-bond donors (Lipinski definition) is 2. The topological polar surface area (TPSA) is 93.5 Å². The average Bonchev–Trinajstić information content (AvgIpc) is 3.60. The lowest BCUT2D eigenvalue weighted by atomic mass is 9.93. The number of alkyl halides is 4. The van der Waals surface area contributed by atoms with Gasteiger partial charge in [-0.3, -0.25) is 4.68 Å². The smallest absolute Gasteiger partial charge is 0.387 e. The highest BCUT2D eigenvalue weighted by Crippen LogP contribution is 2.43. The van der Waals surface area contributed by atoms with Crippen molar-refractivity contribution in [2.45, 2.75) is 31.0 Å². The molecule has 0 aliphatic heterocycles. The van der Waals surface area contributed by atoms with Gasteiger partial charge in [0.1, 0.15) is 23.8 Å². The minimum atomic E-state index is -3.64. The van der Waals surface area contributed by atoms with E-state index in [2.05, 4.69) is 14.8 Å². The summed E-state index contributed by atoms with van der Waals surface area (Å²) in [7, 11) is 1.43. The van der Waals surface area contributed by atoms with E-state index in [-0.39, 0.29) is 39.7 Å². The molecule has 0 bridgehead atoms. The van der Waals surface area contributed by atoms with Crippen molar-refractivity contribution in [1.82, 2.24) is 14.8 Å². The lowest BCUT2D eigenvalue weighted by Crippen LogP contribution is -2.19. The van der Waals surface area contributed by atoms with Crippen LogP contribution in [-0.4, -0.2) is 44.5 Å². The molecule has 0 aliphatic carbocycles. The van der Waals surface area contributed by atoms with Crippen molar-refractivity contribution >= 4 is 11.8 Å². The van der Waals surface area contributed by atoms with Gasteiger partial charge in [-0.25, -0.2) is 13.8 Å². The molecule has 45 heavy (non-hydrogen) atoms. The number of halogens is 6. The molecular formula is C31H25F6N3O4S. The fraction of sp³-hybridized carbons (Fsp3) is 0.226. The van der Waals surface area contributed by atoms with E-state index >= 15 is 0 Å². The normalized spacial score (nSPS) is 11.9. The first-order valence-electron chi connectivity index (χ1n) is 13.2. The van der Waals surface area contributed by atoms with Gasteiger partial charge in [-0.15, -0.1) is 11.8 Å². The summed E-state index contributed by atoms with van der Waals surface area (Å²) in [6, 6.07) is 12.1. The van der Waals surface area contributed by atoms with Crippen molar-refractivity contribution in [1.29, 1.82) is 0 Å². The third kappa shape index (κ3) is 6.30. The Balaban J connectivity index is 1.75. The highest BCUT2D eigenvalue weighted by Gasteiger charge is 2.35. The number of benzene rings is 3. The van der Waals surface area contributed by atoms with Gasteiger partial charge in [0, 0.05) is 41.1 Å². The van der Waals surface area contributed by atoms with Crippen LogP contribution in [0.4, 0.5) is 26.3 Å². The number of oxazole rings is 1. The minimum Gasteiger partial charge on any atom is -0.440 e. The number of aromatic nitrogens is 3. The third-order valence-electron chi connectivity index (χ3n) is 7.01. The molecule has 236 valence electrons. The van der Waals surface area contributed by atoms with Gasteiger partial charge in [0.05, 0.1) is 12.3 Å². The van der Waals surface area contributed by atoms with Crippen molar-refractivity contribution in [3.63, 3.8) is 0 Å². The van der Waals surface area contributed by atoms with Crippen molar-refractivity contribution in [2.24, 2.45) is 7.05 Å². The van der Waals surface area contributed by atoms with Gasteiger partial charge in [-0.2, -0.15) is 22.7 Å². The first-order chi connectivity index (χ1) is 21.4. The molecular weight excluding hydrogens is 624 g/mol. The second-order valence-corrected chi connectivity index (χ2v) is 10.7. The van der Waals surface area contributed by atoms with Crippen LogP contribution in [0.5, 0.6) is 5.75 Å². The molecule has 2 heterocycles. The van der Waals surface area contributed by atoms with Gasteiger partial charge < -0.3 is 19.4 Å². The molecule has 7 nitrogen and oxygen atoms in total. The predicted molar refractivity (Wildman–Crippen MR) is 155 cm³/mol. The largest absolute Gasteiger partial charge is 0.440 e. The summed E-state index contributed by atoms with van der Waals surface area (Å²) in [6.07, 6.45) is 1.73. The summed E-state index contributed by atoms with van der Waals surface area (Å²) >= 11 is 1.24. The van der Waals surface area contributed by atoms with Crippen molar-refractivity contribution < 1.29 is 45.7 Å². The predicted octanol–water partition coefficient (Wildman–Crippen LogP) is 7.56. The van der Waals surface area contributed by atoms with Crippen LogP contribution in [0.25, 0.3) is 45.0 Å².